The van der Waals surface area contributed by atoms with Crippen molar-refractivity contribution >= 4 is 17.3 Å². The number of H-pyrrole nitrogens is 1. The average Bonchev–Trinajstić information content (AvgIpc) is 3.01. The number of aryl methyl sites for hydroxylation is 3. The molecule has 2 heterocycles. The van der Waals surface area contributed by atoms with Crippen molar-refractivity contribution in [1.82, 2.24) is 20.6 Å². The average molecular weight is 305 g/mol. The first-order chi connectivity index (χ1) is 11.1. The molecule has 23 heavy (non-hydrogen) atoms. The van der Waals surface area contributed by atoms with Crippen LogP contribution in [0.15, 0.2) is 30.3 Å². The first-order valence-corrected chi connectivity index (χ1v) is 7.87. The second kappa shape index (κ2) is 5.19. The Hall–Kier alpha value is -2.69. The van der Waals surface area contributed by atoms with E-state index in [4.69, 9.17) is 0 Å². The maximum atomic E-state index is 4.23. The zero-order valence-corrected chi connectivity index (χ0v) is 13.6. The van der Waals surface area contributed by atoms with Gasteiger partial charge in [-0.05, 0) is 73.2 Å². The van der Waals surface area contributed by atoms with Crippen LogP contribution in [0.1, 0.15) is 27.8 Å². The summed E-state index contributed by atoms with van der Waals surface area (Å²) in [7, 11) is 0. The first kappa shape index (κ1) is 13.9. The number of fused-ring (bicyclic) bond motifs is 2. The van der Waals surface area contributed by atoms with Crippen molar-refractivity contribution in [3.63, 3.8) is 0 Å². The number of aromatic nitrogens is 4. The largest absolute Gasteiger partial charge is 0.276 e. The van der Waals surface area contributed by atoms with Crippen molar-refractivity contribution in [2.24, 2.45) is 0 Å². The summed E-state index contributed by atoms with van der Waals surface area (Å²) in [6.07, 6.45) is 2.04. The summed E-state index contributed by atoms with van der Waals surface area (Å²) in [5.74, 6) is 0.585. The predicted octanol–water partition coefficient (Wildman–Crippen LogP) is 3.69. The summed E-state index contributed by atoms with van der Waals surface area (Å²) >= 11 is 0. The molecule has 1 aliphatic rings. The maximum absolute atomic E-state index is 4.23. The van der Waals surface area contributed by atoms with Gasteiger partial charge in [0.25, 0.3) is 5.95 Å². The SMILES string of the molecule is Cc1ccc2c(c1)CCc1c(ccc(C)c1C)N2c1nn[nH]n1. The summed E-state index contributed by atoms with van der Waals surface area (Å²) in [4.78, 5) is 2.12. The van der Waals surface area contributed by atoms with Gasteiger partial charge in [0.2, 0.25) is 0 Å². The van der Waals surface area contributed by atoms with E-state index >= 15 is 0 Å². The Kier molecular flexibility index (Phi) is 3.15. The van der Waals surface area contributed by atoms with Gasteiger partial charge in [-0.3, -0.25) is 4.90 Å². The highest BCUT2D eigenvalue weighted by Crippen LogP contribution is 2.41. The molecule has 4 rings (SSSR count). The van der Waals surface area contributed by atoms with Crippen molar-refractivity contribution in [1.29, 1.82) is 0 Å². The van der Waals surface area contributed by atoms with Gasteiger partial charge in [-0.1, -0.05) is 28.9 Å². The topological polar surface area (TPSA) is 57.7 Å². The second-order valence-electron chi connectivity index (χ2n) is 6.18. The molecule has 2 aromatic carbocycles. The van der Waals surface area contributed by atoms with E-state index in [-0.39, 0.29) is 0 Å². The lowest BCUT2D eigenvalue weighted by Crippen LogP contribution is -2.14. The number of rotatable bonds is 1. The van der Waals surface area contributed by atoms with Gasteiger partial charge >= 0.3 is 0 Å². The summed E-state index contributed by atoms with van der Waals surface area (Å²) in [5, 5.41) is 14.8. The molecule has 5 heteroatoms. The molecule has 3 aromatic rings. The standard InChI is InChI=1S/C18H19N5/c1-11-4-8-16-14(10-11)6-7-15-13(3)12(2)5-9-17(15)23(16)18-19-21-22-20-18/h4-5,8-10H,6-7H2,1-3H3,(H,19,20,21,22). The number of aromatic amines is 1. The van der Waals surface area contributed by atoms with Gasteiger partial charge in [0.15, 0.2) is 0 Å². The van der Waals surface area contributed by atoms with Crippen LogP contribution in [-0.4, -0.2) is 20.6 Å². The molecule has 0 aliphatic carbocycles. The normalized spacial score (nSPS) is 13.4. The summed E-state index contributed by atoms with van der Waals surface area (Å²) in [5.41, 5.74) is 8.91. The molecule has 0 unspecified atom stereocenters. The van der Waals surface area contributed by atoms with Crippen LogP contribution in [-0.2, 0) is 12.8 Å². The lowest BCUT2D eigenvalue weighted by Gasteiger charge is -2.24. The molecule has 0 spiro atoms. The van der Waals surface area contributed by atoms with Gasteiger partial charge in [-0.25, -0.2) is 0 Å². The Labute approximate surface area is 135 Å². The maximum Gasteiger partial charge on any atom is 0.274 e. The van der Waals surface area contributed by atoms with Gasteiger partial charge in [0, 0.05) is 0 Å². The molecule has 1 N–H and O–H groups in total. The zero-order valence-electron chi connectivity index (χ0n) is 13.6. The molecule has 116 valence electrons. The van der Waals surface area contributed by atoms with Crippen molar-refractivity contribution in [2.75, 3.05) is 4.90 Å². The molecule has 0 radical (unpaired) electrons. The number of hydrogen-bond acceptors (Lipinski definition) is 4. The van der Waals surface area contributed by atoms with E-state index < -0.39 is 0 Å². The van der Waals surface area contributed by atoms with Gasteiger partial charge in [0.05, 0.1) is 11.4 Å². The summed E-state index contributed by atoms with van der Waals surface area (Å²) in [6.45, 7) is 6.49. The fraction of sp³-hybridized carbons (Fsp3) is 0.278. The van der Waals surface area contributed by atoms with Crippen molar-refractivity contribution in [2.45, 2.75) is 33.6 Å². The van der Waals surface area contributed by atoms with Crippen LogP contribution in [0.25, 0.3) is 0 Å². The van der Waals surface area contributed by atoms with Gasteiger partial charge in [-0.15, -0.1) is 5.10 Å². The molecular weight excluding hydrogens is 286 g/mol. The number of tetrazole rings is 1. The Balaban J connectivity index is 2.01. The third-order valence-corrected chi connectivity index (χ3v) is 4.74. The Bertz CT molecular complexity index is 867. The van der Waals surface area contributed by atoms with Crippen LogP contribution >= 0.6 is 0 Å². The van der Waals surface area contributed by atoms with E-state index in [2.05, 4.69) is 76.6 Å². The summed E-state index contributed by atoms with van der Waals surface area (Å²) < 4.78 is 0. The summed E-state index contributed by atoms with van der Waals surface area (Å²) in [6, 6.07) is 10.9. The Morgan fingerprint density at radius 2 is 1.83 bits per heavy atom. The van der Waals surface area contributed by atoms with Gasteiger partial charge < -0.3 is 0 Å². The molecule has 5 nitrogen and oxygen atoms in total. The molecule has 0 saturated heterocycles. The minimum absolute atomic E-state index is 0.585. The molecule has 1 aliphatic heterocycles. The molecule has 0 fully saturated rings. The lowest BCUT2D eigenvalue weighted by molar-refractivity contribution is 0.881. The monoisotopic (exact) mass is 305 g/mol. The Morgan fingerprint density at radius 3 is 2.61 bits per heavy atom. The van der Waals surface area contributed by atoms with E-state index in [1.165, 1.54) is 27.8 Å². The molecular formula is C18H19N5. The van der Waals surface area contributed by atoms with Gasteiger partial charge in [0.1, 0.15) is 0 Å². The lowest BCUT2D eigenvalue weighted by atomic mass is 9.96. The fourth-order valence-corrected chi connectivity index (χ4v) is 3.37. The molecule has 1 aromatic heterocycles. The number of hydrogen-bond donors (Lipinski definition) is 1. The number of nitrogens with one attached hydrogen (secondary N) is 1. The third kappa shape index (κ3) is 2.20. The first-order valence-electron chi connectivity index (χ1n) is 7.87. The molecule has 0 bridgehead atoms. The Morgan fingerprint density at radius 1 is 1.00 bits per heavy atom. The van der Waals surface area contributed by atoms with Crippen LogP contribution in [0.3, 0.4) is 0 Å². The highest BCUT2D eigenvalue weighted by atomic mass is 15.5. The zero-order chi connectivity index (χ0) is 16.0. The van der Waals surface area contributed by atoms with Crippen LogP contribution in [0.2, 0.25) is 0 Å². The number of anilines is 3. The molecule has 0 amide bonds. The van der Waals surface area contributed by atoms with E-state index in [0.29, 0.717) is 5.95 Å². The van der Waals surface area contributed by atoms with Crippen molar-refractivity contribution < 1.29 is 0 Å². The third-order valence-electron chi connectivity index (χ3n) is 4.74. The quantitative estimate of drug-likeness (QED) is 0.745. The van der Waals surface area contributed by atoms with E-state index in [1.807, 2.05) is 0 Å². The van der Waals surface area contributed by atoms with E-state index in [9.17, 15) is 0 Å². The minimum Gasteiger partial charge on any atom is -0.276 e. The fourth-order valence-electron chi connectivity index (χ4n) is 3.37. The smallest absolute Gasteiger partial charge is 0.274 e. The highest BCUT2D eigenvalue weighted by molar-refractivity contribution is 5.79. The van der Waals surface area contributed by atoms with E-state index in [1.54, 1.807) is 0 Å². The highest BCUT2D eigenvalue weighted by Gasteiger charge is 2.26. The van der Waals surface area contributed by atoms with Crippen molar-refractivity contribution in [3.05, 3.63) is 58.1 Å². The second-order valence-corrected chi connectivity index (χ2v) is 6.18. The van der Waals surface area contributed by atoms with Gasteiger partial charge in [-0.2, -0.15) is 5.21 Å². The molecule has 0 saturated carbocycles. The van der Waals surface area contributed by atoms with Crippen LogP contribution in [0, 0.1) is 20.8 Å². The minimum atomic E-state index is 0.585. The van der Waals surface area contributed by atoms with E-state index in [0.717, 1.165) is 24.2 Å². The number of nitrogens with zero attached hydrogens (tertiary/aromatic N) is 4. The molecule has 0 atom stereocenters. The van der Waals surface area contributed by atoms with Crippen molar-refractivity contribution in [3.8, 4) is 0 Å². The van der Waals surface area contributed by atoms with Crippen LogP contribution in [0.4, 0.5) is 17.3 Å². The van der Waals surface area contributed by atoms with Crippen LogP contribution in [0.5, 0.6) is 0 Å². The predicted molar refractivity (Wildman–Crippen MR) is 90.5 cm³/mol. The number of benzene rings is 2. The van der Waals surface area contributed by atoms with Crippen LogP contribution < -0.4 is 4.90 Å².